The van der Waals surface area contributed by atoms with Crippen LogP contribution in [0, 0.1) is 0 Å². The molecule has 78 valence electrons. The summed E-state index contributed by atoms with van der Waals surface area (Å²) >= 11 is 0. The molecular formula is C10H22N2O. The lowest BCUT2D eigenvalue weighted by Gasteiger charge is -2.37. The van der Waals surface area contributed by atoms with Gasteiger partial charge in [0.1, 0.15) is 0 Å². The summed E-state index contributed by atoms with van der Waals surface area (Å²) in [7, 11) is 3.79. The summed E-state index contributed by atoms with van der Waals surface area (Å²) in [5.41, 5.74) is 0.193. The van der Waals surface area contributed by atoms with E-state index in [4.69, 9.17) is 4.74 Å². The fourth-order valence-corrected chi connectivity index (χ4v) is 1.41. The Balaban J connectivity index is 2.08. The van der Waals surface area contributed by atoms with Crippen LogP contribution in [0.5, 0.6) is 0 Å². The van der Waals surface area contributed by atoms with E-state index in [0.29, 0.717) is 12.1 Å². The highest BCUT2D eigenvalue weighted by Crippen LogP contribution is 2.22. The summed E-state index contributed by atoms with van der Waals surface area (Å²) in [4.78, 5) is 0. The summed E-state index contributed by atoms with van der Waals surface area (Å²) in [6.45, 7) is 5.42. The third-order valence-corrected chi connectivity index (χ3v) is 2.94. The second-order valence-electron chi connectivity index (χ2n) is 4.54. The monoisotopic (exact) mass is 186 g/mol. The lowest BCUT2D eigenvalue weighted by atomic mass is 9.88. The molecule has 0 saturated heterocycles. The van der Waals surface area contributed by atoms with E-state index in [0.717, 1.165) is 19.4 Å². The molecule has 0 bridgehead atoms. The molecule has 0 aliphatic heterocycles. The molecule has 3 heteroatoms. The summed E-state index contributed by atoms with van der Waals surface area (Å²) in [6, 6.07) is 0.664. The number of likely N-dealkylation sites (N-methyl/N-ethyl adjacent to an activating group) is 1. The number of hydrogen-bond acceptors (Lipinski definition) is 3. The van der Waals surface area contributed by atoms with E-state index >= 15 is 0 Å². The summed E-state index contributed by atoms with van der Waals surface area (Å²) in [5.74, 6) is 0. The van der Waals surface area contributed by atoms with E-state index in [1.54, 1.807) is 7.11 Å². The largest absolute Gasteiger partial charge is 0.381 e. The molecule has 1 rings (SSSR count). The summed E-state index contributed by atoms with van der Waals surface area (Å²) in [5, 5.41) is 6.81. The van der Waals surface area contributed by atoms with Crippen LogP contribution in [-0.2, 0) is 4.74 Å². The quantitative estimate of drug-likeness (QED) is 0.665. The van der Waals surface area contributed by atoms with Crippen LogP contribution in [0.25, 0.3) is 0 Å². The minimum atomic E-state index is 0.193. The molecule has 0 amide bonds. The molecule has 0 heterocycles. The van der Waals surface area contributed by atoms with Crippen LogP contribution in [0.1, 0.15) is 26.7 Å². The molecule has 1 aliphatic carbocycles. The van der Waals surface area contributed by atoms with Crippen LogP contribution in [0.3, 0.4) is 0 Å². The Hall–Kier alpha value is -0.120. The SMILES string of the molecule is CNC(C)(C)CNC1CC(OC)C1. The highest BCUT2D eigenvalue weighted by molar-refractivity contribution is 4.89. The molecule has 13 heavy (non-hydrogen) atoms. The molecule has 0 unspecified atom stereocenters. The van der Waals surface area contributed by atoms with Gasteiger partial charge in [-0.2, -0.15) is 0 Å². The predicted molar refractivity (Wildman–Crippen MR) is 55.0 cm³/mol. The smallest absolute Gasteiger partial charge is 0.0601 e. The molecule has 0 aromatic heterocycles. The van der Waals surface area contributed by atoms with Crippen molar-refractivity contribution in [3.05, 3.63) is 0 Å². The number of hydrogen-bond donors (Lipinski definition) is 2. The zero-order chi connectivity index (χ0) is 9.90. The number of methoxy groups -OCH3 is 1. The maximum absolute atomic E-state index is 5.22. The van der Waals surface area contributed by atoms with Gasteiger partial charge in [0.15, 0.2) is 0 Å². The van der Waals surface area contributed by atoms with Crippen molar-refractivity contribution in [2.45, 2.75) is 44.4 Å². The van der Waals surface area contributed by atoms with Gasteiger partial charge in [-0.15, -0.1) is 0 Å². The van der Waals surface area contributed by atoms with E-state index in [-0.39, 0.29) is 5.54 Å². The molecular weight excluding hydrogens is 164 g/mol. The van der Waals surface area contributed by atoms with Crippen molar-refractivity contribution < 1.29 is 4.74 Å². The van der Waals surface area contributed by atoms with Gasteiger partial charge in [0.05, 0.1) is 6.10 Å². The van der Waals surface area contributed by atoms with Crippen molar-refractivity contribution in [2.24, 2.45) is 0 Å². The molecule has 2 N–H and O–H groups in total. The molecule has 0 aromatic carbocycles. The molecule has 0 atom stereocenters. The van der Waals surface area contributed by atoms with Crippen molar-refractivity contribution in [1.82, 2.24) is 10.6 Å². The van der Waals surface area contributed by atoms with Gasteiger partial charge in [0, 0.05) is 25.2 Å². The van der Waals surface area contributed by atoms with Gasteiger partial charge in [0.25, 0.3) is 0 Å². The Bertz CT molecular complexity index is 153. The normalized spacial score (nSPS) is 28.6. The van der Waals surface area contributed by atoms with Crippen molar-refractivity contribution in [3.8, 4) is 0 Å². The molecule has 0 aromatic rings. The fraction of sp³-hybridized carbons (Fsp3) is 1.00. The van der Waals surface area contributed by atoms with Crippen molar-refractivity contribution in [2.75, 3.05) is 20.7 Å². The van der Waals surface area contributed by atoms with E-state index in [9.17, 15) is 0 Å². The van der Waals surface area contributed by atoms with Crippen LogP contribution >= 0.6 is 0 Å². The maximum atomic E-state index is 5.22. The predicted octanol–water partition coefficient (Wildman–Crippen LogP) is 0.751. The number of ether oxygens (including phenoxy) is 1. The Morgan fingerprint density at radius 1 is 1.38 bits per heavy atom. The minimum absolute atomic E-state index is 0.193. The standard InChI is InChI=1S/C10H22N2O/c1-10(2,11-3)7-12-8-5-9(6-8)13-4/h8-9,11-12H,5-7H2,1-4H3. The van der Waals surface area contributed by atoms with E-state index in [2.05, 4.69) is 24.5 Å². The first kappa shape index (κ1) is 11.0. The van der Waals surface area contributed by atoms with Gasteiger partial charge < -0.3 is 15.4 Å². The highest BCUT2D eigenvalue weighted by Gasteiger charge is 2.29. The zero-order valence-corrected chi connectivity index (χ0v) is 9.18. The third-order valence-electron chi connectivity index (χ3n) is 2.94. The van der Waals surface area contributed by atoms with E-state index < -0.39 is 0 Å². The number of nitrogens with one attached hydrogen (secondary N) is 2. The molecule has 0 radical (unpaired) electrons. The van der Waals surface area contributed by atoms with Crippen molar-refractivity contribution in [3.63, 3.8) is 0 Å². The van der Waals surface area contributed by atoms with Gasteiger partial charge >= 0.3 is 0 Å². The van der Waals surface area contributed by atoms with Gasteiger partial charge in [0.2, 0.25) is 0 Å². The van der Waals surface area contributed by atoms with Crippen molar-refractivity contribution in [1.29, 1.82) is 0 Å². The van der Waals surface area contributed by atoms with Crippen LogP contribution in [-0.4, -0.2) is 38.4 Å². The fourth-order valence-electron chi connectivity index (χ4n) is 1.41. The van der Waals surface area contributed by atoms with E-state index in [1.165, 1.54) is 0 Å². The van der Waals surface area contributed by atoms with Gasteiger partial charge in [-0.25, -0.2) is 0 Å². The Morgan fingerprint density at radius 2 is 2.00 bits per heavy atom. The molecule has 0 spiro atoms. The molecule has 1 fully saturated rings. The Morgan fingerprint density at radius 3 is 2.46 bits per heavy atom. The van der Waals surface area contributed by atoms with Crippen LogP contribution in [0.15, 0.2) is 0 Å². The maximum Gasteiger partial charge on any atom is 0.0601 e. The van der Waals surface area contributed by atoms with E-state index in [1.807, 2.05) is 7.05 Å². The average Bonchev–Trinajstić information content (AvgIpc) is 2.02. The second-order valence-corrected chi connectivity index (χ2v) is 4.54. The van der Waals surface area contributed by atoms with Crippen molar-refractivity contribution >= 4 is 0 Å². The topological polar surface area (TPSA) is 33.3 Å². The van der Waals surface area contributed by atoms with Crippen LogP contribution in [0.2, 0.25) is 0 Å². The highest BCUT2D eigenvalue weighted by atomic mass is 16.5. The molecule has 1 saturated carbocycles. The molecule has 1 aliphatic rings. The first-order chi connectivity index (χ1) is 6.07. The third kappa shape index (κ3) is 3.25. The minimum Gasteiger partial charge on any atom is -0.381 e. The number of rotatable bonds is 5. The summed E-state index contributed by atoms with van der Waals surface area (Å²) < 4.78 is 5.22. The molecule has 3 nitrogen and oxygen atoms in total. The Labute approximate surface area is 81.2 Å². The first-order valence-corrected chi connectivity index (χ1v) is 5.02. The Kier molecular flexibility index (Phi) is 3.71. The lowest BCUT2D eigenvalue weighted by Crippen LogP contribution is -2.53. The summed E-state index contributed by atoms with van der Waals surface area (Å²) in [6.07, 6.45) is 2.82. The first-order valence-electron chi connectivity index (χ1n) is 5.02. The van der Waals surface area contributed by atoms with Gasteiger partial charge in [-0.1, -0.05) is 0 Å². The van der Waals surface area contributed by atoms with Gasteiger partial charge in [-0.3, -0.25) is 0 Å². The van der Waals surface area contributed by atoms with Crippen LogP contribution < -0.4 is 10.6 Å². The van der Waals surface area contributed by atoms with Crippen LogP contribution in [0.4, 0.5) is 0 Å². The average molecular weight is 186 g/mol. The lowest BCUT2D eigenvalue weighted by molar-refractivity contribution is 0.0160. The van der Waals surface area contributed by atoms with Gasteiger partial charge in [-0.05, 0) is 33.7 Å². The second kappa shape index (κ2) is 4.40. The zero-order valence-electron chi connectivity index (χ0n) is 9.18.